The third-order valence-corrected chi connectivity index (χ3v) is 4.41. The molecule has 4 aromatic rings. The van der Waals surface area contributed by atoms with E-state index in [1.165, 1.54) is 0 Å². The van der Waals surface area contributed by atoms with Gasteiger partial charge in [0.2, 0.25) is 5.89 Å². The lowest BCUT2D eigenvalue weighted by atomic mass is 10.2. The van der Waals surface area contributed by atoms with E-state index in [0.717, 1.165) is 5.56 Å². The molecule has 0 aliphatic heterocycles. The number of oxazole rings is 1. The zero-order valence-corrected chi connectivity index (χ0v) is 16.0. The predicted octanol–water partition coefficient (Wildman–Crippen LogP) is 5.82. The Labute approximate surface area is 170 Å². The van der Waals surface area contributed by atoms with Crippen molar-refractivity contribution in [1.29, 1.82) is 0 Å². The van der Waals surface area contributed by atoms with Gasteiger partial charge in [-0.25, -0.2) is 4.98 Å². The number of hydrogen-bond acceptors (Lipinski definition) is 4. The van der Waals surface area contributed by atoms with Gasteiger partial charge in [0.25, 0.3) is 5.91 Å². The van der Waals surface area contributed by atoms with Crippen molar-refractivity contribution in [3.8, 4) is 17.2 Å². The predicted molar refractivity (Wildman–Crippen MR) is 110 cm³/mol. The number of rotatable bonds is 5. The van der Waals surface area contributed by atoms with Crippen LogP contribution in [0.1, 0.15) is 0 Å². The second kappa shape index (κ2) is 7.92. The minimum atomic E-state index is -0.281. The summed E-state index contributed by atoms with van der Waals surface area (Å²) in [6, 6.07) is 19.3. The Kier molecular flexibility index (Phi) is 5.19. The van der Waals surface area contributed by atoms with E-state index in [1.807, 2.05) is 12.1 Å². The zero-order valence-electron chi connectivity index (χ0n) is 14.5. The molecule has 0 saturated carbocycles. The summed E-state index contributed by atoms with van der Waals surface area (Å²) >= 11 is 11.8. The standard InChI is InChI=1S/C21H14Cl2N2O3/c22-14-4-7-17(8-5-14)27-12-20(26)24-16-3-1-2-13(10-16)21-25-18-11-15(23)6-9-19(18)28-21/h1-11H,12H2,(H,24,26). The van der Waals surface area contributed by atoms with Crippen LogP contribution >= 0.6 is 23.2 Å². The molecule has 0 fully saturated rings. The summed E-state index contributed by atoms with van der Waals surface area (Å²) in [5, 5.41) is 3.99. The fourth-order valence-electron chi connectivity index (χ4n) is 2.63. The van der Waals surface area contributed by atoms with E-state index in [2.05, 4.69) is 10.3 Å². The smallest absolute Gasteiger partial charge is 0.262 e. The first-order valence-corrected chi connectivity index (χ1v) is 9.17. The Morgan fingerprint density at radius 3 is 2.61 bits per heavy atom. The van der Waals surface area contributed by atoms with Gasteiger partial charge in [0, 0.05) is 21.3 Å². The van der Waals surface area contributed by atoms with E-state index in [4.69, 9.17) is 32.4 Å². The first-order chi connectivity index (χ1) is 13.6. The van der Waals surface area contributed by atoms with Crippen LogP contribution in [-0.2, 0) is 4.79 Å². The molecule has 3 aromatic carbocycles. The molecule has 1 amide bonds. The largest absolute Gasteiger partial charge is 0.484 e. The maximum absolute atomic E-state index is 12.2. The number of carbonyl (C=O) groups excluding carboxylic acids is 1. The molecule has 5 nitrogen and oxygen atoms in total. The average molecular weight is 413 g/mol. The molecule has 1 N–H and O–H groups in total. The van der Waals surface area contributed by atoms with Crippen LogP contribution in [0, 0.1) is 0 Å². The van der Waals surface area contributed by atoms with Crippen molar-refractivity contribution in [2.45, 2.75) is 0 Å². The summed E-state index contributed by atoms with van der Waals surface area (Å²) in [6.07, 6.45) is 0. The van der Waals surface area contributed by atoms with Gasteiger partial charge in [0.15, 0.2) is 12.2 Å². The van der Waals surface area contributed by atoms with E-state index in [0.29, 0.717) is 38.5 Å². The SMILES string of the molecule is O=C(COc1ccc(Cl)cc1)Nc1cccc(-c2nc3cc(Cl)ccc3o2)c1. The molecular weight excluding hydrogens is 399 g/mol. The highest BCUT2D eigenvalue weighted by Gasteiger charge is 2.10. The van der Waals surface area contributed by atoms with Gasteiger partial charge in [-0.15, -0.1) is 0 Å². The second-order valence-electron chi connectivity index (χ2n) is 6.00. The van der Waals surface area contributed by atoms with Crippen molar-refractivity contribution in [2.75, 3.05) is 11.9 Å². The van der Waals surface area contributed by atoms with Crippen molar-refractivity contribution in [3.05, 3.63) is 76.8 Å². The number of nitrogens with zero attached hydrogens (tertiary/aromatic N) is 1. The molecule has 140 valence electrons. The molecule has 0 unspecified atom stereocenters. The molecule has 28 heavy (non-hydrogen) atoms. The average Bonchev–Trinajstić information content (AvgIpc) is 3.11. The molecule has 0 saturated heterocycles. The van der Waals surface area contributed by atoms with Crippen molar-refractivity contribution in [2.24, 2.45) is 0 Å². The molecule has 0 atom stereocenters. The highest BCUT2D eigenvalue weighted by atomic mass is 35.5. The molecule has 1 heterocycles. The van der Waals surface area contributed by atoms with Crippen LogP contribution in [-0.4, -0.2) is 17.5 Å². The summed E-state index contributed by atoms with van der Waals surface area (Å²) in [7, 11) is 0. The van der Waals surface area contributed by atoms with Gasteiger partial charge in [-0.3, -0.25) is 4.79 Å². The number of carbonyl (C=O) groups is 1. The molecular formula is C21H14Cl2N2O3. The Bertz CT molecular complexity index is 1140. The Morgan fingerprint density at radius 2 is 1.79 bits per heavy atom. The minimum Gasteiger partial charge on any atom is -0.484 e. The van der Waals surface area contributed by atoms with E-state index >= 15 is 0 Å². The van der Waals surface area contributed by atoms with Gasteiger partial charge in [0.05, 0.1) is 0 Å². The number of ether oxygens (including phenoxy) is 1. The van der Waals surface area contributed by atoms with E-state index in [-0.39, 0.29) is 12.5 Å². The molecule has 0 aliphatic rings. The fourth-order valence-corrected chi connectivity index (χ4v) is 2.92. The number of amides is 1. The lowest BCUT2D eigenvalue weighted by molar-refractivity contribution is -0.118. The molecule has 1 aromatic heterocycles. The summed E-state index contributed by atoms with van der Waals surface area (Å²) in [5.74, 6) is 0.737. The van der Waals surface area contributed by atoms with E-state index < -0.39 is 0 Å². The maximum Gasteiger partial charge on any atom is 0.262 e. The summed E-state index contributed by atoms with van der Waals surface area (Å²) in [4.78, 5) is 16.6. The second-order valence-corrected chi connectivity index (χ2v) is 6.88. The Morgan fingerprint density at radius 1 is 1.00 bits per heavy atom. The van der Waals surface area contributed by atoms with Crippen molar-refractivity contribution in [3.63, 3.8) is 0 Å². The van der Waals surface area contributed by atoms with Crippen molar-refractivity contribution >= 4 is 45.9 Å². The van der Waals surface area contributed by atoms with Crippen molar-refractivity contribution < 1.29 is 13.9 Å². The third-order valence-electron chi connectivity index (χ3n) is 3.93. The van der Waals surface area contributed by atoms with Crippen LogP contribution in [0.25, 0.3) is 22.6 Å². The number of aromatic nitrogens is 1. The number of benzene rings is 3. The monoisotopic (exact) mass is 412 g/mol. The summed E-state index contributed by atoms with van der Waals surface area (Å²) < 4.78 is 11.2. The quantitative estimate of drug-likeness (QED) is 0.448. The number of hydrogen-bond donors (Lipinski definition) is 1. The first-order valence-electron chi connectivity index (χ1n) is 8.41. The Hall–Kier alpha value is -3.02. The van der Waals surface area contributed by atoms with Crippen LogP contribution in [0.3, 0.4) is 0 Å². The van der Waals surface area contributed by atoms with Crippen LogP contribution in [0.15, 0.2) is 71.1 Å². The lowest BCUT2D eigenvalue weighted by Crippen LogP contribution is -2.20. The maximum atomic E-state index is 12.2. The molecule has 0 radical (unpaired) electrons. The third kappa shape index (κ3) is 4.27. The molecule has 0 bridgehead atoms. The highest BCUT2D eigenvalue weighted by Crippen LogP contribution is 2.27. The van der Waals surface area contributed by atoms with Gasteiger partial charge in [-0.2, -0.15) is 0 Å². The fraction of sp³-hybridized carbons (Fsp3) is 0.0476. The minimum absolute atomic E-state index is 0.118. The summed E-state index contributed by atoms with van der Waals surface area (Å²) in [5.41, 5.74) is 2.67. The van der Waals surface area contributed by atoms with Crippen molar-refractivity contribution in [1.82, 2.24) is 4.98 Å². The van der Waals surface area contributed by atoms with E-state index in [1.54, 1.807) is 54.6 Å². The molecule has 7 heteroatoms. The van der Waals surface area contributed by atoms with Gasteiger partial charge in [-0.05, 0) is 60.7 Å². The van der Waals surface area contributed by atoms with Gasteiger partial charge >= 0.3 is 0 Å². The van der Waals surface area contributed by atoms with Crippen LogP contribution in [0.5, 0.6) is 5.75 Å². The number of fused-ring (bicyclic) bond motifs is 1. The number of halogens is 2. The number of anilines is 1. The number of nitrogens with one attached hydrogen (secondary N) is 1. The highest BCUT2D eigenvalue weighted by molar-refractivity contribution is 6.31. The van der Waals surface area contributed by atoms with E-state index in [9.17, 15) is 4.79 Å². The molecule has 0 spiro atoms. The topological polar surface area (TPSA) is 64.4 Å². The molecule has 4 rings (SSSR count). The lowest BCUT2D eigenvalue weighted by Gasteiger charge is -2.08. The summed E-state index contributed by atoms with van der Waals surface area (Å²) in [6.45, 7) is -0.118. The van der Waals surface area contributed by atoms with Crippen LogP contribution < -0.4 is 10.1 Å². The van der Waals surface area contributed by atoms with Crippen LogP contribution in [0.4, 0.5) is 5.69 Å². The zero-order chi connectivity index (χ0) is 19.5. The van der Waals surface area contributed by atoms with Gasteiger partial charge in [0.1, 0.15) is 11.3 Å². The molecule has 0 aliphatic carbocycles. The first kappa shape index (κ1) is 18.3. The van der Waals surface area contributed by atoms with Gasteiger partial charge in [-0.1, -0.05) is 29.3 Å². The van der Waals surface area contributed by atoms with Crippen LogP contribution in [0.2, 0.25) is 10.0 Å². The normalized spacial score (nSPS) is 10.8. The van der Waals surface area contributed by atoms with Gasteiger partial charge < -0.3 is 14.5 Å². The Balaban J connectivity index is 1.45.